The number of benzene rings is 2. The average Bonchev–Trinajstić information content (AvgIpc) is 3.38. The van der Waals surface area contributed by atoms with Crippen LogP contribution in [0.15, 0.2) is 54.6 Å². The number of hydrogen-bond donors (Lipinski definition) is 3. The highest BCUT2D eigenvalue weighted by Crippen LogP contribution is 2.19. The van der Waals surface area contributed by atoms with E-state index in [0.717, 1.165) is 5.56 Å². The van der Waals surface area contributed by atoms with Crippen LogP contribution in [-0.2, 0) is 0 Å². The van der Waals surface area contributed by atoms with E-state index in [1.807, 2.05) is 0 Å². The number of tetrazole rings is 1. The average molecular weight is 388 g/mol. The summed E-state index contributed by atoms with van der Waals surface area (Å²) in [4.78, 5) is 24.3. The van der Waals surface area contributed by atoms with E-state index in [-0.39, 0.29) is 5.91 Å². The second-order valence-corrected chi connectivity index (χ2v) is 6.28. The molecule has 0 saturated carbocycles. The number of H-pyrrole nitrogens is 1. The highest BCUT2D eigenvalue weighted by atomic mass is 16.2. The molecule has 0 saturated heterocycles. The number of nitrogens with one attached hydrogen (secondary N) is 2. The summed E-state index contributed by atoms with van der Waals surface area (Å²) < 4.78 is 1.48. The molecule has 0 aliphatic heterocycles. The topological polar surface area (TPSA) is 144 Å². The lowest BCUT2D eigenvalue weighted by molar-refractivity contribution is 0.0997. The van der Waals surface area contributed by atoms with Crippen molar-refractivity contribution in [2.45, 2.75) is 6.92 Å². The Labute approximate surface area is 164 Å². The summed E-state index contributed by atoms with van der Waals surface area (Å²) >= 11 is 0. The summed E-state index contributed by atoms with van der Waals surface area (Å²) in [5.74, 6) is -0.362. The number of nitrogens with two attached hydrogens (primary N) is 1. The molecule has 0 aliphatic rings. The molecule has 2 aromatic carbocycles. The van der Waals surface area contributed by atoms with Crippen LogP contribution in [0.5, 0.6) is 0 Å². The van der Waals surface area contributed by atoms with Gasteiger partial charge in [0.2, 0.25) is 5.91 Å². The lowest BCUT2D eigenvalue weighted by Gasteiger charge is -2.09. The van der Waals surface area contributed by atoms with Crippen molar-refractivity contribution in [2.24, 2.45) is 5.73 Å². The van der Waals surface area contributed by atoms with Gasteiger partial charge in [0.25, 0.3) is 5.91 Å². The third kappa shape index (κ3) is 3.72. The molecule has 10 nitrogen and oxygen atoms in total. The number of carbonyl (C=O) groups is 2. The van der Waals surface area contributed by atoms with Gasteiger partial charge in [0, 0.05) is 16.8 Å². The first-order chi connectivity index (χ1) is 14.0. The number of carbonyl (C=O) groups excluding carboxylic acids is 2. The quantitative estimate of drug-likeness (QED) is 0.475. The molecule has 2 heterocycles. The van der Waals surface area contributed by atoms with E-state index in [4.69, 9.17) is 5.73 Å². The van der Waals surface area contributed by atoms with E-state index >= 15 is 0 Å². The van der Waals surface area contributed by atoms with Crippen LogP contribution >= 0.6 is 0 Å². The highest BCUT2D eigenvalue weighted by molar-refractivity contribution is 6.03. The Morgan fingerprint density at radius 3 is 2.59 bits per heavy atom. The van der Waals surface area contributed by atoms with E-state index < -0.39 is 5.91 Å². The molecule has 0 spiro atoms. The van der Waals surface area contributed by atoms with Gasteiger partial charge in [-0.3, -0.25) is 9.59 Å². The number of aryl methyl sites for hydroxylation is 1. The lowest BCUT2D eigenvalue weighted by Crippen LogP contribution is -2.17. The van der Waals surface area contributed by atoms with Gasteiger partial charge in [0.05, 0.1) is 11.4 Å². The minimum Gasteiger partial charge on any atom is -0.366 e. The number of nitrogens with zero attached hydrogens (tertiary/aromatic N) is 5. The van der Waals surface area contributed by atoms with E-state index in [1.54, 1.807) is 61.5 Å². The molecule has 0 aliphatic carbocycles. The summed E-state index contributed by atoms with van der Waals surface area (Å²) in [5.41, 5.74) is 8.62. The highest BCUT2D eigenvalue weighted by Gasteiger charge is 2.16. The predicted molar refractivity (Wildman–Crippen MR) is 104 cm³/mol. The normalized spacial score (nSPS) is 10.7. The third-order valence-corrected chi connectivity index (χ3v) is 4.20. The number of aromatic nitrogens is 6. The van der Waals surface area contributed by atoms with Gasteiger partial charge in [-0.05, 0) is 65.9 Å². The molecule has 144 valence electrons. The predicted octanol–water partition coefficient (Wildman–Crippen LogP) is 1.71. The fourth-order valence-electron chi connectivity index (χ4n) is 2.84. The number of aromatic amines is 1. The largest absolute Gasteiger partial charge is 0.366 e. The Kier molecular flexibility index (Phi) is 4.57. The first-order valence-electron chi connectivity index (χ1n) is 8.64. The number of anilines is 1. The van der Waals surface area contributed by atoms with Crippen molar-refractivity contribution in [3.63, 3.8) is 0 Å². The molecular weight excluding hydrogens is 372 g/mol. The smallest absolute Gasteiger partial charge is 0.274 e. The van der Waals surface area contributed by atoms with Crippen LogP contribution in [-0.4, -0.2) is 42.2 Å². The first-order valence-corrected chi connectivity index (χ1v) is 8.64. The number of primary amides is 1. The van der Waals surface area contributed by atoms with Crippen LogP contribution in [0.25, 0.3) is 17.1 Å². The summed E-state index contributed by atoms with van der Waals surface area (Å²) in [7, 11) is 0. The summed E-state index contributed by atoms with van der Waals surface area (Å²) in [6.45, 7) is 1.78. The van der Waals surface area contributed by atoms with Gasteiger partial charge < -0.3 is 11.1 Å². The lowest BCUT2D eigenvalue weighted by atomic mass is 10.2. The molecule has 0 atom stereocenters. The van der Waals surface area contributed by atoms with E-state index in [0.29, 0.717) is 34.2 Å². The molecule has 0 unspecified atom stereocenters. The Hall–Kier alpha value is -4.34. The van der Waals surface area contributed by atoms with Crippen LogP contribution in [0.4, 0.5) is 5.69 Å². The van der Waals surface area contributed by atoms with Crippen LogP contribution in [0.1, 0.15) is 26.5 Å². The second kappa shape index (κ2) is 7.35. The summed E-state index contributed by atoms with van der Waals surface area (Å²) in [5, 5.41) is 20.8. The second-order valence-electron chi connectivity index (χ2n) is 6.28. The van der Waals surface area contributed by atoms with Crippen molar-refractivity contribution in [3.05, 3.63) is 71.5 Å². The van der Waals surface area contributed by atoms with E-state index in [1.165, 1.54) is 4.68 Å². The van der Waals surface area contributed by atoms with Gasteiger partial charge in [-0.2, -0.15) is 5.10 Å². The Morgan fingerprint density at radius 2 is 1.90 bits per heavy atom. The molecule has 4 N–H and O–H groups in total. The van der Waals surface area contributed by atoms with Crippen molar-refractivity contribution in [1.82, 2.24) is 30.4 Å². The number of rotatable bonds is 5. The van der Waals surface area contributed by atoms with Gasteiger partial charge in [0.15, 0.2) is 5.82 Å². The Bertz CT molecular complexity index is 1180. The monoisotopic (exact) mass is 388 g/mol. The first kappa shape index (κ1) is 18.0. The number of amides is 2. The zero-order valence-corrected chi connectivity index (χ0v) is 15.3. The Morgan fingerprint density at radius 1 is 1.10 bits per heavy atom. The van der Waals surface area contributed by atoms with E-state index in [9.17, 15) is 9.59 Å². The van der Waals surface area contributed by atoms with Gasteiger partial charge in [0.1, 0.15) is 5.69 Å². The molecular formula is C19H16N8O2. The SMILES string of the molecule is Cc1cc(C(=O)Nc2ccc(-c3nnn[nH]3)cc2)n(-c2cccc(C(N)=O)c2)n1. The molecule has 0 radical (unpaired) electrons. The maximum absolute atomic E-state index is 12.9. The van der Waals surface area contributed by atoms with Gasteiger partial charge in [-0.15, -0.1) is 5.10 Å². The standard InChI is InChI=1S/C19H16N8O2/c1-11-9-16(27(24-11)15-4-2-3-13(10-15)17(20)28)19(29)21-14-7-5-12(6-8-14)18-22-25-26-23-18/h2-10H,1H3,(H2,20,28)(H,21,29)(H,22,23,25,26). The van der Waals surface area contributed by atoms with Crippen molar-refractivity contribution >= 4 is 17.5 Å². The molecule has 10 heteroatoms. The molecule has 2 amide bonds. The molecule has 0 bridgehead atoms. The molecule has 4 aromatic rings. The third-order valence-electron chi connectivity index (χ3n) is 4.20. The van der Waals surface area contributed by atoms with E-state index in [2.05, 4.69) is 31.0 Å². The van der Waals surface area contributed by atoms with Crippen LogP contribution < -0.4 is 11.1 Å². The summed E-state index contributed by atoms with van der Waals surface area (Å²) in [6.07, 6.45) is 0. The summed E-state index contributed by atoms with van der Waals surface area (Å²) in [6, 6.07) is 15.4. The maximum atomic E-state index is 12.9. The van der Waals surface area contributed by atoms with Crippen LogP contribution in [0.2, 0.25) is 0 Å². The minimum absolute atomic E-state index is 0.327. The van der Waals surface area contributed by atoms with Gasteiger partial charge in [-0.25, -0.2) is 9.78 Å². The van der Waals surface area contributed by atoms with Crippen molar-refractivity contribution in [2.75, 3.05) is 5.32 Å². The zero-order chi connectivity index (χ0) is 20.4. The van der Waals surface area contributed by atoms with Crippen molar-refractivity contribution in [1.29, 1.82) is 0 Å². The van der Waals surface area contributed by atoms with Crippen LogP contribution in [0, 0.1) is 6.92 Å². The van der Waals surface area contributed by atoms with Crippen molar-refractivity contribution in [3.8, 4) is 17.1 Å². The Balaban J connectivity index is 1.60. The maximum Gasteiger partial charge on any atom is 0.274 e. The fourth-order valence-corrected chi connectivity index (χ4v) is 2.84. The molecule has 0 fully saturated rings. The fraction of sp³-hybridized carbons (Fsp3) is 0.0526. The molecule has 29 heavy (non-hydrogen) atoms. The van der Waals surface area contributed by atoms with Crippen molar-refractivity contribution < 1.29 is 9.59 Å². The molecule has 2 aromatic heterocycles. The molecule has 4 rings (SSSR count). The minimum atomic E-state index is -0.552. The van der Waals surface area contributed by atoms with Gasteiger partial charge in [-0.1, -0.05) is 6.07 Å². The zero-order valence-electron chi connectivity index (χ0n) is 15.3. The number of hydrogen-bond acceptors (Lipinski definition) is 6. The van der Waals surface area contributed by atoms with Crippen LogP contribution in [0.3, 0.4) is 0 Å². The van der Waals surface area contributed by atoms with Gasteiger partial charge >= 0.3 is 0 Å².